The van der Waals surface area contributed by atoms with Crippen molar-refractivity contribution in [2.45, 2.75) is 45.2 Å². The molecule has 1 aliphatic carbocycles. The molecule has 0 atom stereocenters. The number of rotatable bonds is 5. The first-order valence-corrected chi connectivity index (χ1v) is 8.66. The second-order valence-corrected chi connectivity index (χ2v) is 6.73. The Bertz CT molecular complexity index is 747. The minimum Gasteiger partial charge on any atom is -0.352 e. The highest BCUT2D eigenvalue weighted by atomic mass is 79.9. The van der Waals surface area contributed by atoms with E-state index >= 15 is 0 Å². The van der Waals surface area contributed by atoms with E-state index in [4.69, 9.17) is 0 Å². The quantitative estimate of drug-likeness (QED) is 0.720. The molecule has 128 valence electrons. The number of anilines is 1. The molecule has 1 saturated carbocycles. The van der Waals surface area contributed by atoms with Gasteiger partial charge in [-0.15, -0.1) is 0 Å². The number of hydrogen-bond donors (Lipinski definition) is 3. The summed E-state index contributed by atoms with van der Waals surface area (Å²) in [4.78, 5) is 24.2. The second-order valence-electron chi connectivity index (χ2n) is 5.94. The summed E-state index contributed by atoms with van der Waals surface area (Å²) in [6.45, 7) is 1.95. The van der Waals surface area contributed by atoms with Crippen molar-refractivity contribution in [3.05, 3.63) is 28.3 Å². The number of H-pyrrole nitrogens is 1. The van der Waals surface area contributed by atoms with E-state index in [0.29, 0.717) is 10.2 Å². The van der Waals surface area contributed by atoms with Gasteiger partial charge in [-0.1, -0.05) is 12.8 Å². The Morgan fingerprint density at radius 1 is 1.42 bits per heavy atom. The predicted molar refractivity (Wildman–Crippen MR) is 91.6 cm³/mol. The average Bonchev–Trinajstić information content (AvgIpc) is 3.24. The fourth-order valence-corrected chi connectivity index (χ4v) is 3.12. The SMILES string of the molecule is Cc1[nH]nc(C(=O)Nc2cnn(CC(=O)NC3CCCC3)c2)c1Br. The summed E-state index contributed by atoms with van der Waals surface area (Å²) in [5.74, 6) is -0.408. The van der Waals surface area contributed by atoms with Crippen LogP contribution < -0.4 is 10.6 Å². The smallest absolute Gasteiger partial charge is 0.277 e. The van der Waals surface area contributed by atoms with Gasteiger partial charge in [0.05, 0.1) is 16.4 Å². The van der Waals surface area contributed by atoms with Gasteiger partial charge in [0.2, 0.25) is 5.91 Å². The van der Waals surface area contributed by atoms with E-state index in [-0.39, 0.29) is 30.1 Å². The number of aryl methyl sites for hydroxylation is 1. The van der Waals surface area contributed by atoms with E-state index in [9.17, 15) is 9.59 Å². The van der Waals surface area contributed by atoms with E-state index in [1.807, 2.05) is 6.92 Å². The lowest BCUT2D eigenvalue weighted by molar-refractivity contribution is -0.122. The lowest BCUT2D eigenvalue weighted by Crippen LogP contribution is -2.35. The Labute approximate surface area is 147 Å². The maximum Gasteiger partial charge on any atom is 0.277 e. The number of amides is 2. The fourth-order valence-electron chi connectivity index (χ4n) is 2.76. The lowest BCUT2D eigenvalue weighted by Gasteiger charge is -2.11. The first kappa shape index (κ1) is 16.7. The minimum atomic E-state index is -0.346. The molecular formula is C15H19BrN6O2. The van der Waals surface area contributed by atoms with Gasteiger partial charge >= 0.3 is 0 Å². The number of nitrogens with one attached hydrogen (secondary N) is 3. The average molecular weight is 395 g/mol. The van der Waals surface area contributed by atoms with Gasteiger partial charge in [-0.05, 0) is 35.7 Å². The highest BCUT2D eigenvalue weighted by Gasteiger charge is 2.18. The van der Waals surface area contributed by atoms with Gasteiger partial charge in [0, 0.05) is 17.9 Å². The normalized spacial score (nSPS) is 14.8. The number of aromatic nitrogens is 4. The van der Waals surface area contributed by atoms with E-state index in [2.05, 4.69) is 41.9 Å². The highest BCUT2D eigenvalue weighted by molar-refractivity contribution is 9.10. The lowest BCUT2D eigenvalue weighted by atomic mass is 10.2. The van der Waals surface area contributed by atoms with Crippen LogP contribution in [0, 0.1) is 6.92 Å². The Kier molecular flexibility index (Phi) is 4.98. The standard InChI is InChI=1S/C15H19BrN6O2/c1-9-13(16)14(21-20-9)15(24)19-11-6-17-22(7-11)8-12(23)18-10-4-2-3-5-10/h6-7,10H,2-5,8H2,1H3,(H,18,23)(H,19,24)(H,20,21). The monoisotopic (exact) mass is 394 g/mol. The number of halogens is 1. The van der Waals surface area contributed by atoms with Crippen molar-refractivity contribution in [2.75, 3.05) is 5.32 Å². The van der Waals surface area contributed by atoms with Crippen LogP contribution in [0.25, 0.3) is 0 Å². The first-order valence-electron chi connectivity index (χ1n) is 7.86. The summed E-state index contributed by atoms with van der Waals surface area (Å²) in [6.07, 6.45) is 7.57. The van der Waals surface area contributed by atoms with Crippen LogP contribution in [0.1, 0.15) is 41.9 Å². The molecule has 0 bridgehead atoms. The van der Waals surface area contributed by atoms with Gasteiger partial charge in [0.1, 0.15) is 6.54 Å². The van der Waals surface area contributed by atoms with Crippen molar-refractivity contribution >= 4 is 33.4 Å². The fraction of sp³-hybridized carbons (Fsp3) is 0.467. The molecule has 24 heavy (non-hydrogen) atoms. The Balaban J connectivity index is 1.56. The third-order valence-corrected chi connectivity index (χ3v) is 4.97. The largest absolute Gasteiger partial charge is 0.352 e. The van der Waals surface area contributed by atoms with Crippen molar-refractivity contribution < 1.29 is 9.59 Å². The van der Waals surface area contributed by atoms with Crippen molar-refractivity contribution in [1.29, 1.82) is 0 Å². The Morgan fingerprint density at radius 3 is 2.83 bits per heavy atom. The number of carbonyl (C=O) groups excluding carboxylic acids is 2. The molecule has 2 aromatic rings. The molecule has 3 rings (SSSR count). The van der Waals surface area contributed by atoms with Crippen LogP contribution in [-0.4, -0.2) is 37.8 Å². The molecule has 0 radical (unpaired) electrons. The Hall–Kier alpha value is -2.16. The molecule has 0 spiro atoms. The summed E-state index contributed by atoms with van der Waals surface area (Å²) in [5, 5.41) is 16.5. The molecule has 2 heterocycles. The molecule has 0 saturated heterocycles. The van der Waals surface area contributed by atoms with Crippen LogP contribution in [0.4, 0.5) is 5.69 Å². The number of aromatic amines is 1. The summed E-state index contributed by atoms with van der Waals surface area (Å²) < 4.78 is 2.13. The second kappa shape index (κ2) is 7.16. The van der Waals surface area contributed by atoms with E-state index in [1.54, 1.807) is 6.20 Å². The van der Waals surface area contributed by atoms with Gasteiger partial charge in [-0.3, -0.25) is 19.4 Å². The summed E-state index contributed by atoms with van der Waals surface area (Å²) >= 11 is 3.32. The molecule has 0 unspecified atom stereocenters. The van der Waals surface area contributed by atoms with Crippen molar-refractivity contribution in [1.82, 2.24) is 25.3 Å². The molecule has 0 aliphatic heterocycles. The van der Waals surface area contributed by atoms with Gasteiger partial charge in [-0.25, -0.2) is 0 Å². The summed E-state index contributed by atoms with van der Waals surface area (Å²) in [7, 11) is 0. The molecule has 2 amide bonds. The summed E-state index contributed by atoms with van der Waals surface area (Å²) in [5.41, 5.74) is 1.57. The number of hydrogen-bond acceptors (Lipinski definition) is 4. The minimum absolute atomic E-state index is 0.0615. The number of carbonyl (C=O) groups is 2. The van der Waals surface area contributed by atoms with Crippen LogP contribution in [0.15, 0.2) is 16.9 Å². The Morgan fingerprint density at radius 2 is 2.17 bits per heavy atom. The van der Waals surface area contributed by atoms with Crippen LogP contribution in [-0.2, 0) is 11.3 Å². The van der Waals surface area contributed by atoms with Gasteiger partial charge < -0.3 is 10.6 Å². The van der Waals surface area contributed by atoms with E-state index < -0.39 is 0 Å². The summed E-state index contributed by atoms with van der Waals surface area (Å²) in [6, 6.07) is 0.285. The predicted octanol–water partition coefficient (Wildman–Crippen LogP) is 1.99. The zero-order valence-corrected chi connectivity index (χ0v) is 14.9. The molecular weight excluding hydrogens is 376 g/mol. The van der Waals surface area contributed by atoms with E-state index in [1.165, 1.54) is 23.7 Å². The van der Waals surface area contributed by atoms with Crippen molar-refractivity contribution in [3.63, 3.8) is 0 Å². The van der Waals surface area contributed by atoms with Gasteiger partial charge in [-0.2, -0.15) is 10.2 Å². The third kappa shape index (κ3) is 3.84. The maximum atomic E-state index is 12.2. The van der Waals surface area contributed by atoms with Crippen LogP contribution >= 0.6 is 15.9 Å². The number of nitrogens with zero attached hydrogens (tertiary/aromatic N) is 3. The zero-order valence-electron chi connectivity index (χ0n) is 13.3. The molecule has 8 nitrogen and oxygen atoms in total. The topological polar surface area (TPSA) is 105 Å². The van der Waals surface area contributed by atoms with Crippen LogP contribution in [0.5, 0.6) is 0 Å². The molecule has 1 aliphatic rings. The molecule has 0 aromatic carbocycles. The molecule has 9 heteroatoms. The maximum absolute atomic E-state index is 12.2. The third-order valence-electron chi connectivity index (χ3n) is 4.00. The molecule has 2 aromatic heterocycles. The van der Waals surface area contributed by atoms with Crippen molar-refractivity contribution in [2.24, 2.45) is 0 Å². The van der Waals surface area contributed by atoms with Crippen molar-refractivity contribution in [3.8, 4) is 0 Å². The first-order chi connectivity index (χ1) is 11.5. The molecule has 1 fully saturated rings. The van der Waals surface area contributed by atoms with Crippen LogP contribution in [0.2, 0.25) is 0 Å². The van der Waals surface area contributed by atoms with Crippen LogP contribution in [0.3, 0.4) is 0 Å². The zero-order chi connectivity index (χ0) is 17.1. The van der Waals surface area contributed by atoms with E-state index in [0.717, 1.165) is 18.5 Å². The molecule has 3 N–H and O–H groups in total. The van der Waals surface area contributed by atoms with Gasteiger partial charge in [0.15, 0.2) is 5.69 Å². The van der Waals surface area contributed by atoms with Gasteiger partial charge in [0.25, 0.3) is 5.91 Å². The highest BCUT2D eigenvalue weighted by Crippen LogP contribution is 2.19.